The highest BCUT2D eigenvalue weighted by Gasteiger charge is 2.14. The van der Waals surface area contributed by atoms with E-state index >= 15 is 0 Å². The summed E-state index contributed by atoms with van der Waals surface area (Å²) in [7, 11) is 1.72. The predicted molar refractivity (Wildman–Crippen MR) is 71.7 cm³/mol. The van der Waals surface area contributed by atoms with Crippen LogP contribution in [-0.2, 0) is 4.74 Å². The summed E-state index contributed by atoms with van der Waals surface area (Å²) in [6.45, 7) is 4.29. The summed E-state index contributed by atoms with van der Waals surface area (Å²) in [6, 6.07) is 3.81. The van der Waals surface area contributed by atoms with E-state index in [-0.39, 0.29) is 0 Å². The largest absolute Gasteiger partial charge is 0.389 e. The monoisotopic (exact) mass is 248 g/mol. The van der Waals surface area contributed by atoms with Gasteiger partial charge >= 0.3 is 0 Å². The fraction of sp³-hybridized carbons (Fsp3) is 0.500. The fourth-order valence-electron chi connectivity index (χ4n) is 2.10. The molecule has 1 N–H and O–H groups in total. The average molecular weight is 248 g/mol. The van der Waals surface area contributed by atoms with Gasteiger partial charge in [0.25, 0.3) is 0 Å². The van der Waals surface area contributed by atoms with Crippen molar-refractivity contribution in [3.63, 3.8) is 0 Å². The van der Waals surface area contributed by atoms with E-state index in [2.05, 4.69) is 16.0 Å². The number of hydrogen-bond donors (Lipinski definition) is 1. The molecule has 0 radical (unpaired) electrons. The summed E-state index contributed by atoms with van der Waals surface area (Å²) in [6.07, 6.45) is 4.51. The molecule has 0 spiro atoms. The second-order valence-corrected chi connectivity index (χ2v) is 4.61. The predicted octanol–water partition coefficient (Wildman–Crippen LogP) is 1.92. The van der Waals surface area contributed by atoms with E-state index in [9.17, 15) is 5.11 Å². The Morgan fingerprint density at radius 3 is 3.00 bits per heavy atom. The van der Waals surface area contributed by atoms with E-state index in [4.69, 9.17) is 4.74 Å². The van der Waals surface area contributed by atoms with Crippen LogP contribution < -0.4 is 4.90 Å². The quantitative estimate of drug-likeness (QED) is 0.827. The number of aliphatic hydroxyl groups excluding tert-OH is 1. The van der Waals surface area contributed by atoms with Crippen molar-refractivity contribution in [1.29, 1.82) is 0 Å². The number of aromatic nitrogens is 1. The number of anilines is 1. The molecule has 0 unspecified atom stereocenters. The van der Waals surface area contributed by atoms with Gasteiger partial charge in [-0.2, -0.15) is 0 Å². The van der Waals surface area contributed by atoms with Crippen LogP contribution in [0.2, 0.25) is 0 Å². The molecule has 1 aromatic heterocycles. The zero-order chi connectivity index (χ0) is 13.0. The van der Waals surface area contributed by atoms with Crippen molar-refractivity contribution in [1.82, 2.24) is 4.98 Å². The molecule has 2 heterocycles. The third-order valence-corrected chi connectivity index (χ3v) is 3.21. The van der Waals surface area contributed by atoms with Crippen molar-refractivity contribution in [2.45, 2.75) is 19.4 Å². The lowest BCUT2D eigenvalue weighted by Crippen LogP contribution is -2.30. The van der Waals surface area contributed by atoms with Crippen LogP contribution in [0.1, 0.15) is 25.0 Å². The van der Waals surface area contributed by atoms with Gasteiger partial charge in [0.15, 0.2) is 0 Å². The van der Waals surface area contributed by atoms with Crippen LogP contribution in [0.3, 0.4) is 0 Å². The maximum Gasteiger partial charge on any atom is 0.129 e. The molecule has 0 aromatic carbocycles. The van der Waals surface area contributed by atoms with Gasteiger partial charge in [0, 0.05) is 26.4 Å². The number of ether oxygens (including phenoxy) is 1. The molecular formula is C14H20N2O2. The maximum absolute atomic E-state index is 9.58. The minimum Gasteiger partial charge on any atom is -0.389 e. The van der Waals surface area contributed by atoms with Crippen molar-refractivity contribution in [3.05, 3.63) is 35.5 Å². The van der Waals surface area contributed by atoms with Gasteiger partial charge in [0.1, 0.15) is 5.82 Å². The SMILES string of the molecule is COCC1=CCN(c2cc([C@H](C)O)ccn2)CC1. The number of rotatable bonds is 4. The maximum atomic E-state index is 9.58. The number of nitrogens with zero attached hydrogens (tertiary/aromatic N) is 2. The Morgan fingerprint density at radius 2 is 2.39 bits per heavy atom. The zero-order valence-electron chi connectivity index (χ0n) is 11.0. The highest BCUT2D eigenvalue weighted by molar-refractivity contribution is 5.43. The summed E-state index contributed by atoms with van der Waals surface area (Å²) in [5.41, 5.74) is 2.26. The van der Waals surface area contributed by atoms with Gasteiger partial charge in [-0.15, -0.1) is 0 Å². The van der Waals surface area contributed by atoms with Crippen LogP contribution in [0.15, 0.2) is 30.0 Å². The molecule has 0 amide bonds. The molecule has 1 atom stereocenters. The van der Waals surface area contributed by atoms with Crippen LogP contribution in [0.25, 0.3) is 0 Å². The number of pyridine rings is 1. The van der Waals surface area contributed by atoms with Crippen molar-refractivity contribution in [2.24, 2.45) is 0 Å². The van der Waals surface area contributed by atoms with E-state index < -0.39 is 6.10 Å². The first-order valence-corrected chi connectivity index (χ1v) is 6.26. The molecule has 4 heteroatoms. The van der Waals surface area contributed by atoms with E-state index in [1.165, 1.54) is 5.57 Å². The zero-order valence-corrected chi connectivity index (χ0v) is 11.0. The third-order valence-electron chi connectivity index (χ3n) is 3.21. The highest BCUT2D eigenvalue weighted by Crippen LogP contribution is 2.21. The first kappa shape index (κ1) is 13.1. The van der Waals surface area contributed by atoms with Crippen molar-refractivity contribution in [2.75, 3.05) is 31.7 Å². The molecule has 0 fully saturated rings. The van der Waals surface area contributed by atoms with Crippen molar-refractivity contribution in [3.8, 4) is 0 Å². The molecule has 0 aliphatic carbocycles. The van der Waals surface area contributed by atoms with Gasteiger partial charge in [-0.1, -0.05) is 6.08 Å². The van der Waals surface area contributed by atoms with E-state index in [0.29, 0.717) is 0 Å². The highest BCUT2D eigenvalue weighted by atomic mass is 16.5. The summed E-state index contributed by atoms with van der Waals surface area (Å²) < 4.78 is 5.14. The van der Waals surface area contributed by atoms with Crippen LogP contribution in [0, 0.1) is 0 Å². The molecule has 1 aliphatic rings. The molecule has 2 rings (SSSR count). The molecule has 0 bridgehead atoms. The lowest BCUT2D eigenvalue weighted by Gasteiger charge is -2.27. The average Bonchev–Trinajstić information content (AvgIpc) is 2.40. The molecule has 1 aromatic rings. The number of methoxy groups -OCH3 is 1. The second-order valence-electron chi connectivity index (χ2n) is 4.61. The van der Waals surface area contributed by atoms with Gasteiger partial charge in [0.2, 0.25) is 0 Å². The van der Waals surface area contributed by atoms with Gasteiger partial charge in [-0.25, -0.2) is 4.98 Å². The van der Waals surface area contributed by atoms with Crippen molar-refractivity contribution >= 4 is 5.82 Å². The minimum atomic E-state index is -0.448. The van der Waals surface area contributed by atoms with Crippen molar-refractivity contribution < 1.29 is 9.84 Å². The molecular weight excluding hydrogens is 228 g/mol. The smallest absolute Gasteiger partial charge is 0.129 e. The summed E-state index contributed by atoms with van der Waals surface area (Å²) >= 11 is 0. The standard InChI is InChI=1S/C14H20N2O2/c1-11(17)13-3-6-15-14(9-13)16-7-4-12(5-8-16)10-18-2/h3-4,6,9,11,17H,5,7-8,10H2,1-2H3/t11-/m0/s1. The van der Waals surface area contributed by atoms with E-state index in [1.54, 1.807) is 20.2 Å². The molecule has 1 aliphatic heterocycles. The topological polar surface area (TPSA) is 45.6 Å². The van der Waals surface area contributed by atoms with E-state index in [1.807, 2.05) is 12.1 Å². The van der Waals surface area contributed by atoms with Crippen LogP contribution in [0.4, 0.5) is 5.82 Å². The summed E-state index contributed by atoms with van der Waals surface area (Å²) in [4.78, 5) is 6.58. The lowest BCUT2D eigenvalue weighted by atomic mass is 10.1. The summed E-state index contributed by atoms with van der Waals surface area (Å²) in [5.74, 6) is 0.932. The Kier molecular flexibility index (Phi) is 4.33. The Hall–Kier alpha value is -1.39. The minimum absolute atomic E-state index is 0.448. The lowest BCUT2D eigenvalue weighted by molar-refractivity contribution is 0.199. The third kappa shape index (κ3) is 3.09. The van der Waals surface area contributed by atoms with Crippen LogP contribution in [0.5, 0.6) is 0 Å². The first-order chi connectivity index (χ1) is 8.70. The fourth-order valence-corrected chi connectivity index (χ4v) is 2.10. The number of hydrogen-bond acceptors (Lipinski definition) is 4. The van der Waals surface area contributed by atoms with Gasteiger partial charge in [-0.05, 0) is 36.6 Å². The second kappa shape index (κ2) is 5.98. The Morgan fingerprint density at radius 1 is 1.56 bits per heavy atom. The normalized spacial score (nSPS) is 17.5. The van der Waals surface area contributed by atoms with Gasteiger partial charge < -0.3 is 14.7 Å². The Labute approximate surface area is 108 Å². The first-order valence-electron chi connectivity index (χ1n) is 6.26. The molecule has 0 saturated carbocycles. The van der Waals surface area contributed by atoms with Crippen LogP contribution >= 0.6 is 0 Å². The molecule has 18 heavy (non-hydrogen) atoms. The molecule has 4 nitrogen and oxygen atoms in total. The number of aliphatic hydroxyl groups is 1. The Bertz CT molecular complexity index is 430. The molecule has 0 saturated heterocycles. The molecule has 98 valence electrons. The Balaban J connectivity index is 2.07. The van der Waals surface area contributed by atoms with Gasteiger partial charge in [-0.3, -0.25) is 0 Å². The summed E-state index contributed by atoms with van der Waals surface area (Å²) in [5, 5.41) is 9.58. The van der Waals surface area contributed by atoms with E-state index in [0.717, 1.165) is 37.5 Å². The van der Waals surface area contributed by atoms with Crippen LogP contribution in [-0.4, -0.2) is 36.9 Å². The van der Waals surface area contributed by atoms with Gasteiger partial charge in [0.05, 0.1) is 12.7 Å².